The number of hydrogen-bond acceptors (Lipinski definition) is 4. The average molecular weight is 411 g/mol. The van der Waals surface area contributed by atoms with Crippen LogP contribution < -0.4 is 0 Å². The number of oxazole rings is 1. The van der Waals surface area contributed by atoms with Gasteiger partial charge in [-0.15, -0.1) is 0 Å². The highest BCUT2D eigenvalue weighted by atomic mass is 35.5. The molecule has 2 aromatic carbocycles. The van der Waals surface area contributed by atoms with Gasteiger partial charge in [-0.3, -0.25) is 4.90 Å². The fraction of sp³-hybridized carbons (Fsp3) is 0.304. The lowest BCUT2D eigenvalue weighted by atomic mass is 9.97. The van der Waals surface area contributed by atoms with Crippen molar-refractivity contribution in [2.45, 2.75) is 31.7 Å². The summed E-state index contributed by atoms with van der Waals surface area (Å²) < 4.78 is 6.06. The molecule has 3 aromatic rings. The van der Waals surface area contributed by atoms with Gasteiger partial charge in [-0.1, -0.05) is 41.9 Å². The average Bonchev–Trinajstić information content (AvgIpc) is 3.19. The number of nitrogens with zero attached hydrogens (tertiary/aromatic N) is 2. The second-order valence-electron chi connectivity index (χ2n) is 7.51. The molecule has 2 heterocycles. The number of rotatable bonds is 6. The van der Waals surface area contributed by atoms with Gasteiger partial charge < -0.3 is 9.52 Å². The molecule has 6 heteroatoms. The van der Waals surface area contributed by atoms with E-state index in [9.17, 15) is 4.79 Å². The Morgan fingerprint density at radius 2 is 2.00 bits per heavy atom. The minimum absolute atomic E-state index is 0.266. The first-order chi connectivity index (χ1) is 14.1. The van der Waals surface area contributed by atoms with Crippen LogP contribution >= 0.6 is 11.6 Å². The van der Waals surface area contributed by atoms with Crippen LogP contribution in [0.5, 0.6) is 0 Å². The van der Waals surface area contributed by atoms with Crippen LogP contribution in [0.1, 0.15) is 51.9 Å². The number of halogens is 1. The van der Waals surface area contributed by atoms with Crippen molar-refractivity contribution in [2.75, 3.05) is 13.1 Å². The summed E-state index contributed by atoms with van der Waals surface area (Å²) in [6.45, 7) is 2.70. The first-order valence-electron chi connectivity index (χ1n) is 9.81. The maximum Gasteiger partial charge on any atom is 0.335 e. The summed E-state index contributed by atoms with van der Waals surface area (Å²) in [6.07, 6.45) is 4.59. The summed E-state index contributed by atoms with van der Waals surface area (Å²) in [5, 5.41) is 9.77. The van der Waals surface area contributed by atoms with Gasteiger partial charge >= 0.3 is 5.97 Å². The molecule has 4 rings (SSSR count). The zero-order chi connectivity index (χ0) is 20.2. The molecule has 0 bridgehead atoms. The lowest BCUT2D eigenvalue weighted by molar-refractivity contribution is 0.0697. The second-order valence-corrected chi connectivity index (χ2v) is 7.92. The van der Waals surface area contributed by atoms with Crippen molar-refractivity contribution in [2.24, 2.45) is 0 Å². The molecule has 1 atom stereocenters. The van der Waals surface area contributed by atoms with Gasteiger partial charge in [-0.2, -0.15) is 0 Å². The predicted octanol–water partition coefficient (Wildman–Crippen LogP) is 5.00. The van der Waals surface area contributed by atoms with Gasteiger partial charge in [0.1, 0.15) is 5.76 Å². The summed E-state index contributed by atoms with van der Waals surface area (Å²) >= 11 is 6.25. The number of carboxylic acids is 1. The first-order valence-corrected chi connectivity index (χ1v) is 10.2. The molecule has 5 nitrogen and oxygen atoms in total. The molecule has 0 amide bonds. The van der Waals surface area contributed by atoms with E-state index in [1.165, 1.54) is 0 Å². The monoisotopic (exact) mass is 410 g/mol. The van der Waals surface area contributed by atoms with Crippen LogP contribution in [0.4, 0.5) is 0 Å². The van der Waals surface area contributed by atoms with Crippen LogP contribution in [-0.2, 0) is 13.0 Å². The van der Waals surface area contributed by atoms with E-state index in [2.05, 4.69) is 9.88 Å². The Morgan fingerprint density at radius 1 is 1.21 bits per heavy atom. The van der Waals surface area contributed by atoms with Crippen molar-refractivity contribution >= 4 is 17.6 Å². The molecule has 1 fully saturated rings. The highest BCUT2D eigenvalue weighted by molar-refractivity contribution is 6.31. The van der Waals surface area contributed by atoms with Crippen molar-refractivity contribution in [3.05, 3.63) is 88.1 Å². The Balaban J connectivity index is 1.39. The zero-order valence-corrected chi connectivity index (χ0v) is 16.8. The van der Waals surface area contributed by atoms with Crippen molar-refractivity contribution in [1.82, 2.24) is 9.88 Å². The van der Waals surface area contributed by atoms with Crippen LogP contribution in [0, 0.1) is 0 Å². The Morgan fingerprint density at radius 3 is 2.76 bits per heavy atom. The first kappa shape index (κ1) is 19.7. The smallest absolute Gasteiger partial charge is 0.335 e. The summed E-state index contributed by atoms with van der Waals surface area (Å²) in [7, 11) is 0. The molecule has 0 saturated carbocycles. The van der Waals surface area contributed by atoms with Gasteiger partial charge in [0.05, 0.1) is 11.8 Å². The molecule has 1 saturated heterocycles. The van der Waals surface area contributed by atoms with Crippen LogP contribution in [0.15, 0.2) is 59.1 Å². The van der Waals surface area contributed by atoms with Crippen LogP contribution in [-0.4, -0.2) is 34.0 Å². The molecule has 1 aromatic heterocycles. The minimum Gasteiger partial charge on any atom is -0.478 e. The van der Waals surface area contributed by atoms with Crippen molar-refractivity contribution in [3.8, 4) is 0 Å². The molecule has 1 aliphatic heterocycles. The SMILES string of the molecule is O=C(O)c1ccc(CN2CCC[C@H](c3ncc(Cc4ccccc4Cl)o3)C2)cc1. The maximum atomic E-state index is 11.0. The lowest BCUT2D eigenvalue weighted by Gasteiger charge is -2.31. The van der Waals surface area contributed by atoms with E-state index in [0.29, 0.717) is 12.0 Å². The van der Waals surface area contributed by atoms with Crippen LogP contribution in [0.25, 0.3) is 0 Å². The van der Waals surface area contributed by atoms with E-state index in [0.717, 1.165) is 60.3 Å². The Bertz CT molecular complexity index is 984. The number of carboxylic acid groups (broad SMARTS) is 1. The Hall–Kier alpha value is -2.63. The van der Waals surface area contributed by atoms with Gasteiger partial charge in [-0.05, 0) is 48.7 Å². The van der Waals surface area contributed by atoms with E-state index >= 15 is 0 Å². The van der Waals surface area contributed by atoms with E-state index in [-0.39, 0.29) is 5.92 Å². The number of aromatic carboxylic acids is 1. The normalized spacial score (nSPS) is 17.3. The standard InChI is InChI=1S/C23H23ClN2O3/c24-21-6-2-1-4-18(21)12-20-13-25-22(29-20)19-5-3-11-26(15-19)14-16-7-9-17(10-8-16)23(27)28/h1-2,4,6-10,13,19H,3,5,11-12,14-15H2,(H,27,28)/t19-/m0/s1. The number of likely N-dealkylation sites (tertiary alicyclic amines) is 1. The number of aromatic nitrogens is 1. The predicted molar refractivity (Wildman–Crippen MR) is 111 cm³/mol. The van der Waals surface area contributed by atoms with Crippen LogP contribution in [0.3, 0.4) is 0 Å². The summed E-state index contributed by atoms with van der Waals surface area (Å²) in [4.78, 5) is 17.9. The maximum absolute atomic E-state index is 11.0. The summed E-state index contributed by atoms with van der Waals surface area (Å²) in [5.41, 5.74) is 2.46. The molecule has 0 radical (unpaired) electrons. The van der Waals surface area contributed by atoms with Crippen molar-refractivity contribution in [3.63, 3.8) is 0 Å². The molecule has 1 aliphatic rings. The van der Waals surface area contributed by atoms with Gasteiger partial charge in [0.15, 0.2) is 5.89 Å². The highest BCUT2D eigenvalue weighted by Gasteiger charge is 2.25. The zero-order valence-electron chi connectivity index (χ0n) is 16.1. The van der Waals surface area contributed by atoms with E-state index in [4.69, 9.17) is 21.1 Å². The summed E-state index contributed by atoms with van der Waals surface area (Å²) in [6, 6.07) is 14.9. The van der Waals surface area contributed by atoms with E-state index in [1.54, 1.807) is 12.1 Å². The molecule has 150 valence electrons. The lowest BCUT2D eigenvalue weighted by Crippen LogP contribution is -2.34. The molecular weight excluding hydrogens is 388 g/mol. The molecule has 29 heavy (non-hydrogen) atoms. The van der Waals surface area contributed by atoms with Crippen molar-refractivity contribution < 1.29 is 14.3 Å². The topological polar surface area (TPSA) is 66.6 Å². The molecule has 0 aliphatic carbocycles. The third kappa shape index (κ3) is 4.86. The molecule has 0 spiro atoms. The molecule has 1 N–H and O–H groups in total. The van der Waals surface area contributed by atoms with E-state index < -0.39 is 5.97 Å². The second kappa shape index (κ2) is 8.80. The van der Waals surface area contributed by atoms with Gasteiger partial charge in [0.25, 0.3) is 0 Å². The molecule has 0 unspecified atom stereocenters. The fourth-order valence-corrected chi connectivity index (χ4v) is 4.04. The van der Waals surface area contributed by atoms with Crippen LogP contribution in [0.2, 0.25) is 5.02 Å². The Kier molecular flexibility index (Phi) is 5.97. The quantitative estimate of drug-likeness (QED) is 0.619. The van der Waals surface area contributed by atoms with Gasteiger partial charge in [0.2, 0.25) is 0 Å². The number of piperidine rings is 1. The molecular formula is C23H23ClN2O3. The third-order valence-electron chi connectivity index (χ3n) is 5.36. The summed E-state index contributed by atoms with van der Waals surface area (Å²) in [5.74, 6) is 0.987. The number of carbonyl (C=O) groups is 1. The number of hydrogen-bond donors (Lipinski definition) is 1. The Labute approximate surface area is 174 Å². The van der Waals surface area contributed by atoms with Gasteiger partial charge in [0, 0.05) is 30.5 Å². The van der Waals surface area contributed by atoms with Gasteiger partial charge in [-0.25, -0.2) is 9.78 Å². The van der Waals surface area contributed by atoms with E-state index in [1.807, 2.05) is 42.6 Å². The number of benzene rings is 2. The third-order valence-corrected chi connectivity index (χ3v) is 5.72. The highest BCUT2D eigenvalue weighted by Crippen LogP contribution is 2.28. The minimum atomic E-state index is -0.897. The fourth-order valence-electron chi connectivity index (χ4n) is 3.83. The van der Waals surface area contributed by atoms with Crippen molar-refractivity contribution in [1.29, 1.82) is 0 Å². The largest absolute Gasteiger partial charge is 0.478 e.